The summed E-state index contributed by atoms with van der Waals surface area (Å²) in [4.78, 5) is 51.8. The van der Waals surface area contributed by atoms with E-state index in [1.807, 2.05) is 18.2 Å². The molecule has 3 aromatic rings. The molecule has 1 heterocycles. The molecule has 8 heteroatoms. The zero-order valence-corrected chi connectivity index (χ0v) is 19.4. The predicted molar refractivity (Wildman–Crippen MR) is 130 cm³/mol. The highest BCUT2D eigenvalue weighted by atomic mass is 35.5. The molecule has 0 unspecified atom stereocenters. The summed E-state index contributed by atoms with van der Waals surface area (Å²) >= 11 is 6.17. The van der Waals surface area contributed by atoms with Gasteiger partial charge in [-0.05, 0) is 60.7 Å². The molecule has 35 heavy (non-hydrogen) atoms. The van der Waals surface area contributed by atoms with E-state index in [1.54, 1.807) is 24.3 Å². The summed E-state index contributed by atoms with van der Waals surface area (Å²) in [6.07, 6.45) is 2.76. The van der Waals surface area contributed by atoms with Crippen molar-refractivity contribution in [2.75, 3.05) is 11.5 Å². The molecule has 5 rings (SSSR count). The van der Waals surface area contributed by atoms with Crippen LogP contribution in [0.1, 0.15) is 61.1 Å². The molecule has 0 spiro atoms. The highest BCUT2D eigenvalue weighted by molar-refractivity contribution is 6.39. The Kier molecular flexibility index (Phi) is 6.09. The van der Waals surface area contributed by atoms with Crippen molar-refractivity contribution in [2.45, 2.75) is 25.3 Å². The Labute approximate surface area is 206 Å². The van der Waals surface area contributed by atoms with Gasteiger partial charge in [-0.25, -0.2) is 9.69 Å². The van der Waals surface area contributed by atoms with Crippen LogP contribution in [0.5, 0.6) is 0 Å². The van der Waals surface area contributed by atoms with Gasteiger partial charge >= 0.3 is 5.97 Å². The molecule has 3 aromatic carbocycles. The number of anilines is 1. The number of halogens is 1. The third kappa shape index (κ3) is 4.31. The number of para-hydroxylation sites is 1. The van der Waals surface area contributed by atoms with Gasteiger partial charge in [0.15, 0.2) is 6.61 Å². The molecule has 0 fully saturated rings. The smallest absolute Gasteiger partial charge is 0.338 e. The molecular formula is C27H21ClN2O5. The molecule has 0 aromatic heterocycles. The van der Waals surface area contributed by atoms with Crippen LogP contribution in [0, 0.1) is 0 Å². The first kappa shape index (κ1) is 22.8. The van der Waals surface area contributed by atoms with Gasteiger partial charge in [0.1, 0.15) is 0 Å². The number of benzene rings is 3. The second-order valence-corrected chi connectivity index (χ2v) is 8.85. The molecule has 1 N–H and O–H groups in total. The fourth-order valence-electron chi connectivity index (χ4n) is 4.57. The molecule has 1 atom stereocenters. The van der Waals surface area contributed by atoms with E-state index >= 15 is 0 Å². The second kappa shape index (κ2) is 9.35. The van der Waals surface area contributed by atoms with Gasteiger partial charge in [-0.15, -0.1) is 0 Å². The molecule has 2 aliphatic rings. The Morgan fingerprint density at radius 3 is 2.54 bits per heavy atom. The van der Waals surface area contributed by atoms with Crippen LogP contribution in [0.2, 0.25) is 5.02 Å². The third-order valence-electron chi connectivity index (χ3n) is 6.25. The van der Waals surface area contributed by atoms with E-state index in [2.05, 4.69) is 11.4 Å². The highest BCUT2D eigenvalue weighted by Gasteiger charge is 2.38. The van der Waals surface area contributed by atoms with Crippen LogP contribution < -0.4 is 10.2 Å². The number of aryl methyl sites for hydroxylation is 1. The third-order valence-corrected chi connectivity index (χ3v) is 6.57. The summed E-state index contributed by atoms with van der Waals surface area (Å²) < 4.78 is 5.19. The number of hydrogen-bond donors (Lipinski definition) is 1. The minimum absolute atomic E-state index is 0.0710. The lowest BCUT2D eigenvalue weighted by molar-refractivity contribution is -0.125. The molecule has 0 saturated heterocycles. The van der Waals surface area contributed by atoms with Crippen LogP contribution in [0.3, 0.4) is 0 Å². The van der Waals surface area contributed by atoms with E-state index in [4.69, 9.17) is 16.3 Å². The second-order valence-electron chi connectivity index (χ2n) is 8.44. The van der Waals surface area contributed by atoms with Gasteiger partial charge in [-0.3, -0.25) is 14.4 Å². The van der Waals surface area contributed by atoms with Crippen LogP contribution in [0.15, 0.2) is 66.7 Å². The standard InChI is InChI=1S/C27H21ClN2O5/c28-21-9-3-4-11-23(21)30-25(32)19-13-12-17(14-20(19)26(30)33)27(34)35-15-24(31)29-22-10-5-7-16-6-1-2-8-18(16)22/h1-4,6,8-9,11-14,22H,5,7,10,15H2,(H,29,31)/t22-/m0/s1. The molecule has 0 bridgehead atoms. The summed E-state index contributed by atoms with van der Waals surface area (Å²) in [7, 11) is 0. The van der Waals surface area contributed by atoms with Crippen molar-refractivity contribution in [3.8, 4) is 0 Å². The van der Waals surface area contributed by atoms with Crippen molar-refractivity contribution >= 4 is 41.0 Å². The lowest BCUT2D eigenvalue weighted by Gasteiger charge is -2.26. The summed E-state index contributed by atoms with van der Waals surface area (Å²) in [5.74, 6) is -2.27. The number of carbonyl (C=O) groups is 4. The van der Waals surface area contributed by atoms with Crippen LogP contribution >= 0.6 is 11.6 Å². The number of fused-ring (bicyclic) bond motifs is 2. The molecule has 3 amide bonds. The SMILES string of the molecule is O=C(COC(=O)c1ccc2c(c1)C(=O)N(c1ccccc1Cl)C2=O)N[C@H]1CCCc2ccccc21. The normalized spacial score (nSPS) is 16.5. The number of imide groups is 1. The van der Waals surface area contributed by atoms with Crippen molar-refractivity contribution in [1.82, 2.24) is 5.32 Å². The molecule has 1 aliphatic carbocycles. The highest BCUT2D eigenvalue weighted by Crippen LogP contribution is 2.33. The predicted octanol–water partition coefficient (Wildman–Crippen LogP) is 4.49. The summed E-state index contributed by atoms with van der Waals surface area (Å²) in [6.45, 7) is -0.451. The van der Waals surface area contributed by atoms with Gasteiger partial charge in [-0.1, -0.05) is 48.0 Å². The van der Waals surface area contributed by atoms with E-state index in [1.165, 1.54) is 23.8 Å². The number of hydrogen-bond acceptors (Lipinski definition) is 5. The van der Waals surface area contributed by atoms with Gasteiger partial charge in [0.2, 0.25) is 0 Å². The molecule has 0 radical (unpaired) electrons. The van der Waals surface area contributed by atoms with Gasteiger partial charge in [0, 0.05) is 0 Å². The van der Waals surface area contributed by atoms with E-state index < -0.39 is 30.3 Å². The fourth-order valence-corrected chi connectivity index (χ4v) is 4.79. The minimum atomic E-state index is -0.761. The van der Waals surface area contributed by atoms with Crippen molar-refractivity contribution in [2.24, 2.45) is 0 Å². The maximum atomic E-state index is 13.0. The summed E-state index contributed by atoms with van der Waals surface area (Å²) in [6, 6.07) is 18.5. The number of carbonyl (C=O) groups excluding carboxylic acids is 4. The maximum absolute atomic E-state index is 13.0. The minimum Gasteiger partial charge on any atom is -0.452 e. The lowest BCUT2D eigenvalue weighted by Crippen LogP contribution is -2.34. The number of amides is 3. The fraction of sp³-hybridized carbons (Fsp3) is 0.185. The average molecular weight is 489 g/mol. The quantitative estimate of drug-likeness (QED) is 0.422. The largest absolute Gasteiger partial charge is 0.452 e. The lowest BCUT2D eigenvalue weighted by atomic mass is 9.88. The average Bonchev–Trinajstić information content (AvgIpc) is 3.12. The molecule has 0 saturated carbocycles. The van der Waals surface area contributed by atoms with Crippen molar-refractivity contribution < 1.29 is 23.9 Å². The number of ether oxygens (including phenoxy) is 1. The van der Waals surface area contributed by atoms with Gasteiger partial charge in [-0.2, -0.15) is 0 Å². The van der Waals surface area contributed by atoms with E-state index in [-0.39, 0.29) is 33.4 Å². The Morgan fingerprint density at radius 1 is 0.971 bits per heavy atom. The van der Waals surface area contributed by atoms with E-state index in [9.17, 15) is 19.2 Å². The monoisotopic (exact) mass is 488 g/mol. The van der Waals surface area contributed by atoms with Gasteiger partial charge in [0.25, 0.3) is 17.7 Å². The van der Waals surface area contributed by atoms with E-state index in [0.717, 1.165) is 29.7 Å². The number of nitrogens with zero attached hydrogens (tertiary/aromatic N) is 1. The van der Waals surface area contributed by atoms with Crippen LogP contribution in [0.4, 0.5) is 5.69 Å². The van der Waals surface area contributed by atoms with Crippen LogP contribution in [-0.4, -0.2) is 30.3 Å². The zero-order chi connectivity index (χ0) is 24.5. The Balaban J connectivity index is 1.25. The van der Waals surface area contributed by atoms with Gasteiger partial charge < -0.3 is 10.1 Å². The Hall–Kier alpha value is -3.97. The first-order valence-electron chi connectivity index (χ1n) is 11.3. The van der Waals surface area contributed by atoms with Crippen molar-refractivity contribution in [3.63, 3.8) is 0 Å². The summed E-state index contributed by atoms with van der Waals surface area (Å²) in [5, 5.41) is 3.19. The van der Waals surface area contributed by atoms with Crippen LogP contribution in [0.25, 0.3) is 0 Å². The van der Waals surface area contributed by atoms with E-state index in [0.29, 0.717) is 0 Å². The first-order valence-corrected chi connectivity index (χ1v) is 11.6. The molecule has 7 nitrogen and oxygen atoms in total. The molecule has 1 aliphatic heterocycles. The zero-order valence-electron chi connectivity index (χ0n) is 18.6. The Morgan fingerprint density at radius 2 is 1.71 bits per heavy atom. The Bertz CT molecular complexity index is 1370. The molecular weight excluding hydrogens is 468 g/mol. The van der Waals surface area contributed by atoms with Gasteiger partial charge in [0.05, 0.1) is 33.4 Å². The van der Waals surface area contributed by atoms with Crippen molar-refractivity contribution in [1.29, 1.82) is 0 Å². The number of esters is 1. The number of rotatable bonds is 5. The number of nitrogens with one attached hydrogen (secondary N) is 1. The topological polar surface area (TPSA) is 92.8 Å². The molecule has 176 valence electrons. The first-order chi connectivity index (χ1) is 16.9. The maximum Gasteiger partial charge on any atom is 0.338 e. The summed E-state index contributed by atoms with van der Waals surface area (Å²) in [5.41, 5.74) is 2.88. The van der Waals surface area contributed by atoms with Crippen LogP contribution in [-0.2, 0) is 16.0 Å². The van der Waals surface area contributed by atoms with Crippen molar-refractivity contribution in [3.05, 3.63) is 99.6 Å².